The Hall–Kier alpha value is -1.32. The van der Waals surface area contributed by atoms with Gasteiger partial charge in [-0.15, -0.1) is 12.4 Å². The first-order valence-corrected chi connectivity index (χ1v) is 6.41. The van der Waals surface area contributed by atoms with Crippen LogP contribution in [0.25, 0.3) is 6.08 Å². The smallest absolute Gasteiger partial charge is 0.330 e. The average Bonchev–Trinajstić information content (AvgIpc) is 2.36. The van der Waals surface area contributed by atoms with Gasteiger partial charge in [0, 0.05) is 12.1 Å². The molecule has 0 aromatic heterocycles. The number of ether oxygens (including phenoxy) is 1. The van der Waals surface area contributed by atoms with Crippen molar-refractivity contribution in [3.05, 3.63) is 41.0 Å². The van der Waals surface area contributed by atoms with Crippen LogP contribution in [-0.2, 0) is 22.4 Å². The summed E-state index contributed by atoms with van der Waals surface area (Å²) in [5, 5.41) is 0. The highest BCUT2D eigenvalue weighted by molar-refractivity contribution is 5.87. The zero-order valence-electron chi connectivity index (χ0n) is 11.1. The van der Waals surface area contributed by atoms with E-state index < -0.39 is 0 Å². The van der Waals surface area contributed by atoms with E-state index in [1.54, 1.807) is 13.0 Å². The molecule has 0 fully saturated rings. The van der Waals surface area contributed by atoms with Crippen LogP contribution in [0.15, 0.2) is 24.3 Å². The largest absolute Gasteiger partial charge is 0.463 e. The lowest BCUT2D eigenvalue weighted by molar-refractivity contribution is -0.137. The van der Waals surface area contributed by atoms with Crippen LogP contribution in [0, 0.1) is 0 Å². The average molecular weight is 282 g/mol. The van der Waals surface area contributed by atoms with Crippen molar-refractivity contribution >= 4 is 24.5 Å². The van der Waals surface area contributed by atoms with Gasteiger partial charge in [0.1, 0.15) is 0 Å². The molecule has 104 valence electrons. The number of esters is 1. The number of hydrogen-bond acceptors (Lipinski definition) is 3. The molecule has 1 aliphatic carbocycles. The summed E-state index contributed by atoms with van der Waals surface area (Å²) in [6.45, 7) is 2.20. The third-order valence-corrected chi connectivity index (χ3v) is 3.20. The highest BCUT2D eigenvalue weighted by Crippen LogP contribution is 2.22. The van der Waals surface area contributed by atoms with Gasteiger partial charge in [0.05, 0.1) is 6.61 Å². The first kappa shape index (κ1) is 15.7. The SMILES string of the molecule is CCOC(=O)C=Cc1ccc2c(c1)CC(N)CC2.Cl. The maximum atomic E-state index is 11.2. The molecule has 0 radical (unpaired) electrons. The van der Waals surface area contributed by atoms with Crippen LogP contribution in [0.3, 0.4) is 0 Å². The second kappa shape index (κ2) is 7.31. The van der Waals surface area contributed by atoms with Gasteiger partial charge in [0.2, 0.25) is 0 Å². The van der Waals surface area contributed by atoms with Gasteiger partial charge in [0.15, 0.2) is 0 Å². The molecule has 0 amide bonds. The van der Waals surface area contributed by atoms with Crippen molar-refractivity contribution in [2.45, 2.75) is 32.2 Å². The van der Waals surface area contributed by atoms with Crippen LogP contribution >= 0.6 is 12.4 Å². The van der Waals surface area contributed by atoms with E-state index in [0.29, 0.717) is 6.61 Å². The Bertz CT molecular complexity index is 471. The zero-order valence-corrected chi connectivity index (χ0v) is 11.9. The third-order valence-electron chi connectivity index (χ3n) is 3.20. The number of benzene rings is 1. The zero-order chi connectivity index (χ0) is 13.0. The van der Waals surface area contributed by atoms with E-state index in [0.717, 1.165) is 24.8 Å². The highest BCUT2D eigenvalue weighted by atomic mass is 35.5. The minimum absolute atomic E-state index is 0. The molecular weight excluding hydrogens is 262 g/mol. The molecule has 0 spiro atoms. The maximum Gasteiger partial charge on any atom is 0.330 e. The first-order valence-electron chi connectivity index (χ1n) is 6.41. The maximum absolute atomic E-state index is 11.2. The molecule has 19 heavy (non-hydrogen) atoms. The van der Waals surface area contributed by atoms with Crippen molar-refractivity contribution in [1.29, 1.82) is 0 Å². The highest BCUT2D eigenvalue weighted by Gasteiger charge is 2.14. The number of fused-ring (bicyclic) bond motifs is 1. The van der Waals surface area contributed by atoms with Crippen LogP contribution in [0.2, 0.25) is 0 Å². The Labute approximate surface area is 120 Å². The van der Waals surface area contributed by atoms with Crippen molar-refractivity contribution in [2.75, 3.05) is 6.61 Å². The number of carbonyl (C=O) groups is 1. The summed E-state index contributed by atoms with van der Waals surface area (Å²) in [7, 11) is 0. The fourth-order valence-electron chi connectivity index (χ4n) is 2.26. The summed E-state index contributed by atoms with van der Waals surface area (Å²) in [6, 6.07) is 6.54. The van der Waals surface area contributed by atoms with Crippen LogP contribution in [0.4, 0.5) is 0 Å². The Morgan fingerprint density at radius 2 is 2.26 bits per heavy atom. The van der Waals surface area contributed by atoms with Crippen molar-refractivity contribution in [1.82, 2.24) is 0 Å². The summed E-state index contributed by atoms with van der Waals surface area (Å²) in [5.41, 5.74) is 9.68. The molecule has 4 heteroatoms. The molecule has 0 heterocycles. The van der Waals surface area contributed by atoms with Crippen LogP contribution in [0.5, 0.6) is 0 Å². The van der Waals surface area contributed by atoms with E-state index in [1.807, 2.05) is 6.07 Å². The Morgan fingerprint density at radius 1 is 1.47 bits per heavy atom. The molecule has 0 saturated heterocycles. The van der Waals surface area contributed by atoms with Gasteiger partial charge in [-0.3, -0.25) is 0 Å². The van der Waals surface area contributed by atoms with E-state index in [-0.39, 0.29) is 24.4 Å². The normalized spacial score (nSPS) is 17.7. The van der Waals surface area contributed by atoms with Crippen molar-refractivity contribution in [2.24, 2.45) is 5.73 Å². The van der Waals surface area contributed by atoms with Gasteiger partial charge in [-0.05, 0) is 49.0 Å². The van der Waals surface area contributed by atoms with E-state index in [4.69, 9.17) is 10.5 Å². The molecular formula is C15H20ClNO2. The summed E-state index contributed by atoms with van der Waals surface area (Å²) in [6.07, 6.45) is 6.30. The lowest BCUT2D eigenvalue weighted by Crippen LogP contribution is -2.27. The standard InChI is InChI=1S/C15H19NO2.ClH/c1-2-18-15(17)8-4-11-3-5-12-6-7-14(16)10-13(12)9-11;/h3-5,8-9,14H,2,6-7,10,16H2,1H3;1H. The number of carbonyl (C=O) groups excluding carboxylic acids is 1. The summed E-state index contributed by atoms with van der Waals surface area (Å²) >= 11 is 0. The molecule has 0 saturated carbocycles. The summed E-state index contributed by atoms with van der Waals surface area (Å²) in [5.74, 6) is -0.299. The molecule has 1 atom stereocenters. The summed E-state index contributed by atoms with van der Waals surface area (Å²) < 4.78 is 4.85. The van der Waals surface area contributed by atoms with Gasteiger partial charge in [-0.2, -0.15) is 0 Å². The molecule has 1 unspecified atom stereocenters. The topological polar surface area (TPSA) is 52.3 Å². The predicted octanol–water partition coefficient (Wildman–Crippen LogP) is 2.50. The second-order valence-electron chi connectivity index (χ2n) is 4.62. The van der Waals surface area contributed by atoms with Gasteiger partial charge in [-0.1, -0.05) is 18.2 Å². The molecule has 1 aliphatic rings. The minimum Gasteiger partial charge on any atom is -0.463 e. The van der Waals surface area contributed by atoms with E-state index in [2.05, 4.69) is 12.1 Å². The molecule has 2 N–H and O–H groups in total. The Kier molecular flexibility index (Phi) is 6.06. The second-order valence-corrected chi connectivity index (χ2v) is 4.62. The van der Waals surface area contributed by atoms with Gasteiger partial charge >= 0.3 is 5.97 Å². The fraction of sp³-hybridized carbons (Fsp3) is 0.400. The first-order chi connectivity index (χ1) is 8.69. The number of rotatable bonds is 3. The lowest BCUT2D eigenvalue weighted by Gasteiger charge is -2.21. The molecule has 1 aromatic rings. The van der Waals surface area contributed by atoms with Crippen LogP contribution < -0.4 is 5.73 Å². The summed E-state index contributed by atoms with van der Waals surface area (Å²) in [4.78, 5) is 11.2. The number of hydrogen-bond donors (Lipinski definition) is 1. The predicted molar refractivity (Wildman–Crippen MR) is 79.4 cm³/mol. The molecule has 0 aliphatic heterocycles. The van der Waals surface area contributed by atoms with Gasteiger partial charge in [-0.25, -0.2) is 4.79 Å². The van der Waals surface area contributed by atoms with Crippen LogP contribution in [0.1, 0.15) is 30.0 Å². The lowest BCUT2D eigenvalue weighted by atomic mass is 9.87. The fourth-order valence-corrected chi connectivity index (χ4v) is 2.26. The van der Waals surface area contributed by atoms with Gasteiger partial charge < -0.3 is 10.5 Å². The van der Waals surface area contributed by atoms with E-state index in [1.165, 1.54) is 17.2 Å². The Morgan fingerprint density at radius 3 is 3.00 bits per heavy atom. The van der Waals surface area contributed by atoms with Gasteiger partial charge in [0.25, 0.3) is 0 Å². The third kappa shape index (κ3) is 4.37. The number of halogens is 1. The van der Waals surface area contributed by atoms with Crippen molar-refractivity contribution in [3.8, 4) is 0 Å². The number of aryl methyl sites for hydroxylation is 1. The Balaban J connectivity index is 0.00000180. The van der Waals surface area contributed by atoms with Crippen molar-refractivity contribution < 1.29 is 9.53 Å². The minimum atomic E-state index is -0.299. The van der Waals surface area contributed by atoms with E-state index in [9.17, 15) is 4.79 Å². The quantitative estimate of drug-likeness (QED) is 0.684. The number of nitrogens with two attached hydrogens (primary N) is 1. The van der Waals surface area contributed by atoms with E-state index >= 15 is 0 Å². The van der Waals surface area contributed by atoms with Crippen molar-refractivity contribution in [3.63, 3.8) is 0 Å². The molecule has 1 aromatic carbocycles. The molecule has 0 bridgehead atoms. The monoisotopic (exact) mass is 281 g/mol. The molecule has 2 rings (SSSR count). The molecule has 3 nitrogen and oxygen atoms in total. The van der Waals surface area contributed by atoms with Crippen LogP contribution in [-0.4, -0.2) is 18.6 Å².